The number of ketones is 1. The number of hydrogen-bond acceptors (Lipinski definition) is 7. The third-order valence-corrected chi connectivity index (χ3v) is 4.58. The van der Waals surface area contributed by atoms with Crippen LogP contribution in [0.1, 0.15) is 54.0 Å². The number of tetrazole rings is 1. The number of Topliss-reactive ketones (excluding diaryl/α,β-unsaturated/α-hetero) is 1. The van der Waals surface area contributed by atoms with E-state index in [2.05, 4.69) is 20.5 Å². The monoisotopic (exact) mass is 395 g/mol. The molecule has 2 heterocycles. The molecule has 8 nitrogen and oxygen atoms in total. The van der Waals surface area contributed by atoms with Gasteiger partial charge in [-0.15, -0.1) is 5.10 Å². The second kappa shape index (κ2) is 9.77. The lowest BCUT2D eigenvalue weighted by molar-refractivity contribution is 0.101. The fraction of sp³-hybridized carbons (Fsp3) is 0.381. The minimum Gasteiger partial charge on any atom is -0.507 e. The quantitative estimate of drug-likeness (QED) is 0.416. The predicted molar refractivity (Wildman–Crippen MR) is 107 cm³/mol. The number of pyridine rings is 1. The van der Waals surface area contributed by atoms with Gasteiger partial charge in [0.2, 0.25) is 0 Å². The first-order chi connectivity index (χ1) is 14.1. The van der Waals surface area contributed by atoms with Crippen LogP contribution in [-0.2, 0) is 19.4 Å². The number of carbonyl (C=O) groups is 1. The lowest BCUT2D eigenvalue weighted by atomic mass is 10.0. The number of nitrogens with zero attached hydrogens (tertiary/aromatic N) is 5. The van der Waals surface area contributed by atoms with Crippen molar-refractivity contribution in [3.05, 3.63) is 59.2 Å². The van der Waals surface area contributed by atoms with Gasteiger partial charge in [-0.05, 0) is 54.0 Å². The molecule has 0 bridgehead atoms. The third kappa shape index (κ3) is 5.16. The number of aryl methyl sites for hydroxylation is 1. The van der Waals surface area contributed by atoms with Gasteiger partial charge in [-0.2, -0.15) is 0 Å². The first-order valence-electron chi connectivity index (χ1n) is 9.72. The van der Waals surface area contributed by atoms with Crippen LogP contribution in [0.2, 0.25) is 0 Å². The summed E-state index contributed by atoms with van der Waals surface area (Å²) in [7, 11) is 0. The van der Waals surface area contributed by atoms with E-state index in [1.807, 2.05) is 19.1 Å². The van der Waals surface area contributed by atoms with Crippen LogP contribution in [0.15, 0.2) is 36.7 Å². The molecule has 0 saturated heterocycles. The number of aromatic nitrogens is 5. The molecule has 0 atom stereocenters. The number of ether oxygens (including phenoxy) is 1. The topological polar surface area (TPSA) is 103 Å². The average Bonchev–Trinajstić information content (AvgIpc) is 3.15. The van der Waals surface area contributed by atoms with Gasteiger partial charge in [0.25, 0.3) is 0 Å². The van der Waals surface area contributed by atoms with E-state index in [1.54, 1.807) is 29.2 Å². The van der Waals surface area contributed by atoms with Gasteiger partial charge in [0, 0.05) is 24.4 Å². The molecule has 0 aliphatic heterocycles. The van der Waals surface area contributed by atoms with Crippen molar-refractivity contribution < 1.29 is 14.6 Å². The van der Waals surface area contributed by atoms with E-state index in [4.69, 9.17) is 4.74 Å². The summed E-state index contributed by atoms with van der Waals surface area (Å²) in [5.74, 6) is 1.26. The highest BCUT2D eigenvalue weighted by atomic mass is 16.5. The highest BCUT2D eigenvalue weighted by Crippen LogP contribution is 2.33. The van der Waals surface area contributed by atoms with Crippen LogP contribution < -0.4 is 4.74 Å². The molecule has 0 saturated carbocycles. The first kappa shape index (κ1) is 20.4. The van der Waals surface area contributed by atoms with E-state index in [1.165, 1.54) is 6.92 Å². The molecule has 3 aromatic rings. The van der Waals surface area contributed by atoms with Gasteiger partial charge in [-0.1, -0.05) is 19.4 Å². The van der Waals surface area contributed by atoms with Gasteiger partial charge < -0.3 is 9.84 Å². The Morgan fingerprint density at radius 2 is 2.10 bits per heavy atom. The summed E-state index contributed by atoms with van der Waals surface area (Å²) in [4.78, 5) is 15.8. The zero-order chi connectivity index (χ0) is 20.6. The summed E-state index contributed by atoms with van der Waals surface area (Å²) in [5, 5.41) is 22.3. The lowest BCUT2D eigenvalue weighted by Gasteiger charge is -2.14. The molecule has 0 radical (unpaired) electrons. The number of rotatable bonds is 10. The first-order valence-corrected chi connectivity index (χ1v) is 9.72. The molecule has 0 aliphatic rings. The fourth-order valence-corrected chi connectivity index (χ4v) is 3.13. The van der Waals surface area contributed by atoms with Crippen molar-refractivity contribution in [1.29, 1.82) is 0 Å². The minimum absolute atomic E-state index is 0.0252. The molecule has 2 aromatic heterocycles. The van der Waals surface area contributed by atoms with Crippen LogP contribution in [0.5, 0.6) is 11.5 Å². The van der Waals surface area contributed by atoms with Crippen LogP contribution in [0.4, 0.5) is 0 Å². The van der Waals surface area contributed by atoms with E-state index < -0.39 is 0 Å². The summed E-state index contributed by atoms with van der Waals surface area (Å²) < 4.78 is 7.66. The van der Waals surface area contributed by atoms with Gasteiger partial charge in [0.15, 0.2) is 11.6 Å². The van der Waals surface area contributed by atoms with E-state index in [9.17, 15) is 9.90 Å². The summed E-state index contributed by atoms with van der Waals surface area (Å²) in [6.45, 7) is 4.49. The smallest absolute Gasteiger partial charge is 0.163 e. The Kier molecular flexibility index (Phi) is 6.89. The Hall–Kier alpha value is -3.29. The Morgan fingerprint density at radius 1 is 1.24 bits per heavy atom. The van der Waals surface area contributed by atoms with Gasteiger partial charge in [0.1, 0.15) is 11.5 Å². The van der Waals surface area contributed by atoms with E-state index >= 15 is 0 Å². The maximum Gasteiger partial charge on any atom is 0.163 e. The van der Waals surface area contributed by atoms with Gasteiger partial charge in [-0.25, -0.2) is 4.68 Å². The van der Waals surface area contributed by atoms with Gasteiger partial charge >= 0.3 is 0 Å². The standard InChI is InChI=1S/C21H25N5O3/c1-3-6-18-19(10-9-17(15(2)27)21(18)28)29-12-5-8-20-23-24-25-26(20)14-16-7-4-11-22-13-16/h4,7,9-11,13,28H,3,5-6,8,12,14H2,1-2H3. The van der Waals surface area contributed by atoms with Crippen LogP contribution in [0, 0.1) is 0 Å². The van der Waals surface area contributed by atoms with Crippen molar-refractivity contribution in [3.8, 4) is 11.5 Å². The largest absolute Gasteiger partial charge is 0.507 e. The van der Waals surface area contributed by atoms with Crippen LogP contribution in [0.25, 0.3) is 0 Å². The van der Waals surface area contributed by atoms with E-state index in [-0.39, 0.29) is 11.5 Å². The number of phenols is 1. The SMILES string of the molecule is CCCc1c(OCCCc2nnnn2Cc2cccnc2)ccc(C(C)=O)c1O. The minimum atomic E-state index is -0.160. The number of aromatic hydroxyl groups is 1. The Balaban J connectivity index is 1.59. The van der Waals surface area contributed by atoms with E-state index in [0.717, 1.165) is 17.8 Å². The summed E-state index contributed by atoms with van der Waals surface area (Å²) >= 11 is 0. The van der Waals surface area contributed by atoms with Gasteiger partial charge in [0.05, 0.1) is 18.7 Å². The summed E-state index contributed by atoms with van der Waals surface area (Å²) in [5.41, 5.74) is 2.04. The zero-order valence-corrected chi connectivity index (χ0v) is 16.7. The molecule has 0 aliphatic carbocycles. The third-order valence-electron chi connectivity index (χ3n) is 4.58. The van der Waals surface area contributed by atoms with Crippen molar-refractivity contribution in [2.75, 3.05) is 6.61 Å². The maximum absolute atomic E-state index is 11.7. The molecular weight excluding hydrogens is 370 g/mol. The predicted octanol–water partition coefficient (Wildman–Crippen LogP) is 2.99. The Labute approximate surface area is 169 Å². The normalized spacial score (nSPS) is 10.8. The molecular formula is C21H25N5O3. The number of phenolic OH excluding ortho intramolecular Hbond substituents is 1. The highest BCUT2D eigenvalue weighted by Gasteiger charge is 2.16. The van der Waals surface area contributed by atoms with Crippen LogP contribution >= 0.6 is 0 Å². The van der Waals surface area contributed by atoms with Crippen molar-refractivity contribution >= 4 is 5.78 Å². The Bertz CT molecular complexity index is 956. The molecule has 0 fully saturated rings. The summed E-state index contributed by atoms with van der Waals surface area (Å²) in [6, 6.07) is 7.23. The van der Waals surface area contributed by atoms with Crippen LogP contribution in [-0.4, -0.2) is 42.7 Å². The van der Waals surface area contributed by atoms with Crippen molar-refractivity contribution in [2.24, 2.45) is 0 Å². The average molecular weight is 395 g/mol. The molecule has 3 rings (SSSR count). The number of carbonyl (C=O) groups excluding carboxylic acids is 1. The zero-order valence-electron chi connectivity index (χ0n) is 16.7. The fourth-order valence-electron chi connectivity index (χ4n) is 3.13. The number of benzene rings is 1. The second-order valence-corrected chi connectivity index (χ2v) is 6.81. The van der Waals surface area contributed by atoms with Crippen molar-refractivity contribution in [3.63, 3.8) is 0 Å². The maximum atomic E-state index is 11.7. The molecule has 0 spiro atoms. The highest BCUT2D eigenvalue weighted by molar-refractivity contribution is 5.97. The van der Waals surface area contributed by atoms with Crippen molar-refractivity contribution in [2.45, 2.75) is 46.1 Å². The molecule has 152 valence electrons. The van der Waals surface area contributed by atoms with E-state index in [0.29, 0.717) is 49.3 Å². The molecule has 1 aromatic carbocycles. The van der Waals surface area contributed by atoms with Crippen LogP contribution in [0.3, 0.4) is 0 Å². The molecule has 0 unspecified atom stereocenters. The summed E-state index contributed by atoms with van der Waals surface area (Å²) in [6.07, 6.45) is 6.39. The molecule has 0 amide bonds. The second-order valence-electron chi connectivity index (χ2n) is 6.81. The Morgan fingerprint density at radius 3 is 2.83 bits per heavy atom. The molecule has 29 heavy (non-hydrogen) atoms. The van der Waals surface area contributed by atoms with Gasteiger partial charge in [-0.3, -0.25) is 9.78 Å². The lowest BCUT2D eigenvalue weighted by Crippen LogP contribution is -2.09. The molecule has 1 N–H and O–H groups in total. The number of hydrogen-bond donors (Lipinski definition) is 1. The molecule has 8 heteroatoms. The van der Waals surface area contributed by atoms with Crippen molar-refractivity contribution in [1.82, 2.24) is 25.2 Å².